The quantitative estimate of drug-likeness (QED) is 0.615. The molecule has 19 heavy (non-hydrogen) atoms. The maximum absolute atomic E-state index is 12.4. The van der Waals surface area contributed by atoms with Crippen LogP contribution in [0.15, 0.2) is 0 Å². The molecule has 6 heteroatoms. The lowest BCUT2D eigenvalue weighted by atomic mass is 9.90. The van der Waals surface area contributed by atoms with Crippen LogP contribution in [0.1, 0.15) is 19.3 Å². The monoisotopic (exact) mass is 275 g/mol. The van der Waals surface area contributed by atoms with Gasteiger partial charge in [-0.25, -0.2) is 0 Å². The Morgan fingerprint density at radius 3 is 2.42 bits per heavy atom. The normalized spacial score (nSPS) is 27.9. The Hall–Kier alpha value is -0.690. The topological polar surface area (TPSA) is 57.2 Å². The van der Waals surface area contributed by atoms with Crippen LogP contribution in [0.4, 0.5) is 0 Å². The number of carbonyl (C=O) groups excluding carboxylic acids is 1. The number of carbonyl (C=O) groups is 1. The molecule has 0 aromatic carbocycles. The van der Waals surface area contributed by atoms with Gasteiger partial charge in [-0.1, -0.05) is 0 Å². The molecule has 0 aromatic heterocycles. The van der Waals surface area contributed by atoms with Crippen molar-refractivity contribution in [2.75, 3.05) is 41.8 Å². The van der Waals surface area contributed by atoms with Crippen molar-refractivity contribution in [1.29, 1.82) is 0 Å². The smallest absolute Gasteiger partial charge is 0.229 e. The lowest BCUT2D eigenvalue weighted by molar-refractivity contribution is -0.192. The number of hydrogen-bond acceptors (Lipinski definition) is 5. The zero-order chi connectivity index (χ0) is 14.3. The molecular formula is C13H25NO5. The second kappa shape index (κ2) is 8.47. The number of likely N-dealkylation sites (tertiary alicyclic amines) is 1. The zero-order valence-corrected chi connectivity index (χ0v) is 12.3. The summed E-state index contributed by atoms with van der Waals surface area (Å²) in [4.78, 5) is 14.0. The van der Waals surface area contributed by atoms with E-state index in [9.17, 15) is 4.79 Å². The van der Waals surface area contributed by atoms with Crippen LogP contribution in [-0.4, -0.2) is 64.9 Å². The van der Waals surface area contributed by atoms with Crippen molar-refractivity contribution in [3.05, 3.63) is 0 Å². The molecule has 3 unspecified atom stereocenters. The van der Waals surface area contributed by atoms with Crippen LogP contribution in [0.3, 0.4) is 0 Å². The Balaban J connectivity index is 2.71. The van der Waals surface area contributed by atoms with Crippen molar-refractivity contribution in [3.8, 4) is 0 Å². The SMILES string of the molecule is COCCCC1CC(OC)C(OC)N(COC)C1=O. The van der Waals surface area contributed by atoms with Gasteiger partial charge in [0.25, 0.3) is 0 Å². The van der Waals surface area contributed by atoms with Gasteiger partial charge in [0.15, 0.2) is 6.23 Å². The maximum Gasteiger partial charge on any atom is 0.229 e. The number of hydrogen-bond donors (Lipinski definition) is 0. The molecule has 112 valence electrons. The highest BCUT2D eigenvalue weighted by molar-refractivity contribution is 5.80. The first-order valence-electron chi connectivity index (χ1n) is 6.53. The molecule has 3 atom stereocenters. The second-order valence-corrected chi connectivity index (χ2v) is 4.69. The Labute approximate surface area is 114 Å². The van der Waals surface area contributed by atoms with E-state index >= 15 is 0 Å². The molecule has 0 saturated carbocycles. The summed E-state index contributed by atoms with van der Waals surface area (Å²) in [6, 6.07) is 0. The first kappa shape index (κ1) is 16.4. The minimum Gasteiger partial charge on any atom is -0.385 e. The van der Waals surface area contributed by atoms with E-state index in [1.165, 1.54) is 0 Å². The number of rotatable bonds is 8. The van der Waals surface area contributed by atoms with Gasteiger partial charge in [0.05, 0.1) is 0 Å². The van der Waals surface area contributed by atoms with E-state index in [-0.39, 0.29) is 30.9 Å². The summed E-state index contributed by atoms with van der Waals surface area (Å²) in [6.45, 7) is 0.886. The lowest BCUT2D eigenvalue weighted by Gasteiger charge is -2.42. The molecule has 0 bridgehead atoms. The van der Waals surface area contributed by atoms with Crippen molar-refractivity contribution >= 4 is 5.91 Å². The van der Waals surface area contributed by atoms with Gasteiger partial charge in [0.2, 0.25) is 5.91 Å². The van der Waals surface area contributed by atoms with Gasteiger partial charge in [-0.05, 0) is 19.3 Å². The molecule has 6 nitrogen and oxygen atoms in total. The number of amides is 1. The summed E-state index contributed by atoms with van der Waals surface area (Å²) in [5, 5.41) is 0. The summed E-state index contributed by atoms with van der Waals surface area (Å²) in [5.41, 5.74) is 0. The number of nitrogens with zero attached hydrogens (tertiary/aromatic N) is 1. The molecule has 0 radical (unpaired) electrons. The van der Waals surface area contributed by atoms with Gasteiger partial charge in [0.1, 0.15) is 12.8 Å². The van der Waals surface area contributed by atoms with E-state index in [0.29, 0.717) is 13.0 Å². The van der Waals surface area contributed by atoms with Gasteiger partial charge >= 0.3 is 0 Å². The van der Waals surface area contributed by atoms with Crippen molar-refractivity contribution in [1.82, 2.24) is 4.90 Å². The van der Waals surface area contributed by atoms with Crippen LogP contribution >= 0.6 is 0 Å². The van der Waals surface area contributed by atoms with E-state index in [2.05, 4.69) is 0 Å². The summed E-state index contributed by atoms with van der Waals surface area (Å²) < 4.78 is 21.0. The number of ether oxygens (including phenoxy) is 4. The van der Waals surface area contributed by atoms with E-state index in [4.69, 9.17) is 18.9 Å². The van der Waals surface area contributed by atoms with Crippen LogP contribution in [0.2, 0.25) is 0 Å². The van der Waals surface area contributed by atoms with E-state index in [1.54, 1.807) is 33.3 Å². The summed E-state index contributed by atoms with van der Waals surface area (Å²) in [7, 11) is 6.46. The van der Waals surface area contributed by atoms with E-state index < -0.39 is 0 Å². The minimum atomic E-state index is -0.379. The first-order chi connectivity index (χ1) is 9.19. The Bertz CT molecular complexity index is 274. The first-order valence-corrected chi connectivity index (χ1v) is 6.53. The second-order valence-electron chi connectivity index (χ2n) is 4.69. The molecule has 1 rings (SSSR count). The summed E-state index contributed by atoms with van der Waals surface area (Å²) in [6.07, 6.45) is 1.84. The van der Waals surface area contributed by atoms with Crippen LogP contribution in [0.25, 0.3) is 0 Å². The Morgan fingerprint density at radius 1 is 1.16 bits per heavy atom. The standard InChI is InChI=1S/C13H25NO5/c1-16-7-5-6-10-8-11(18-3)13(19-4)14(9-17-2)12(10)15/h10-11,13H,5-9H2,1-4H3. The van der Waals surface area contributed by atoms with Crippen molar-refractivity contribution in [2.24, 2.45) is 5.92 Å². The molecule has 1 aliphatic rings. The fourth-order valence-electron chi connectivity index (χ4n) is 2.54. The lowest BCUT2D eigenvalue weighted by Crippen LogP contribution is -2.56. The summed E-state index contributed by atoms with van der Waals surface area (Å²) >= 11 is 0. The van der Waals surface area contributed by atoms with Gasteiger partial charge in [-0.3, -0.25) is 9.69 Å². The average molecular weight is 275 g/mol. The third-order valence-electron chi connectivity index (χ3n) is 3.49. The predicted molar refractivity (Wildman–Crippen MR) is 69.5 cm³/mol. The highest BCUT2D eigenvalue weighted by Crippen LogP contribution is 2.29. The highest BCUT2D eigenvalue weighted by atomic mass is 16.6. The molecule has 0 aromatic rings. The Kier molecular flexibility index (Phi) is 7.30. The van der Waals surface area contributed by atoms with E-state index in [1.807, 2.05) is 0 Å². The van der Waals surface area contributed by atoms with Gasteiger partial charge < -0.3 is 18.9 Å². The van der Waals surface area contributed by atoms with Crippen LogP contribution in [0.5, 0.6) is 0 Å². The number of methoxy groups -OCH3 is 4. The maximum atomic E-state index is 12.4. The molecule has 1 saturated heterocycles. The number of piperidine rings is 1. The predicted octanol–water partition coefficient (Wildman–Crippen LogP) is 0.853. The molecule has 1 amide bonds. The van der Waals surface area contributed by atoms with Gasteiger partial charge in [-0.15, -0.1) is 0 Å². The molecule has 1 fully saturated rings. The van der Waals surface area contributed by atoms with Crippen LogP contribution < -0.4 is 0 Å². The van der Waals surface area contributed by atoms with Crippen molar-refractivity contribution in [2.45, 2.75) is 31.6 Å². The molecule has 0 aliphatic carbocycles. The Morgan fingerprint density at radius 2 is 1.89 bits per heavy atom. The fraction of sp³-hybridized carbons (Fsp3) is 0.923. The molecule has 1 aliphatic heterocycles. The minimum absolute atomic E-state index is 0.0540. The van der Waals surface area contributed by atoms with Crippen LogP contribution in [0, 0.1) is 5.92 Å². The van der Waals surface area contributed by atoms with Gasteiger partial charge in [-0.2, -0.15) is 0 Å². The highest BCUT2D eigenvalue weighted by Gasteiger charge is 2.41. The third kappa shape index (κ3) is 4.14. The zero-order valence-electron chi connectivity index (χ0n) is 12.3. The average Bonchev–Trinajstić information content (AvgIpc) is 2.42. The van der Waals surface area contributed by atoms with E-state index in [0.717, 1.165) is 12.8 Å². The van der Waals surface area contributed by atoms with Gasteiger partial charge in [0, 0.05) is 41.0 Å². The van der Waals surface area contributed by atoms with Crippen molar-refractivity contribution < 1.29 is 23.7 Å². The molecule has 0 spiro atoms. The molecule has 0 N–H and O–H groups in total. The molecule has 1 heterocycles. The largest absolute Gasteiger partial charge is 0.385 e. The molecular weight excluding hydrogens is 250 g/mol. The third-order valence-corrected chi connectivity index (χ3v) is 3.49. The fourth-order valence-corrected chi connectivity index (χ4v) is 2.54. The van der Waals surface area contributed by atoms with Crippen molar-refractivity contribution in [3.63, 3.8) is 0 Å². The summed E-state index contributed by atoms with van der Waals surface area (Å²) in [5.74, 6) is 0.0137. The van der Waals surface area contributed by atoms with Crippen LogP contribution in [-0.2, 0) is 23.7 Å².